The molecule has 1 atom stereocenters. The van der Waals surface area contributed by atoms with Gasteiger partial charge < -0.3 is 14.6 Å². The zero-order chi connectivity index (χ0) is 18.5. The first kappa shape index (κ1) is 17.3. The van der Waals surface area contributed by atoms with Crippen LogP contribution in [0.1, 0.15) is 23.4 Å². The van der Waals surface area contributed by atoms with Gasteiger partial charge in [0.15, 0.2) is 11.9 Å². The minimum Gasteiger partial charge on any atom is -0.480 e. The van der Waals surface area contributed by atoms with Crippen LogP contribution in [-0.4, -0.2) is 26.8 Å². The minimum atomic E-state index is -0.458. The molecular weight excluding hydrogens is 340 g/mol. The normalized spacial score (nSPS) is 15.6. The maximum absolute atomic E-state index is 12.5. The second-order valence-electron chi connectivity index (χ2n) is 6.65. The molecule has 2 heterocycles. The summed E-state index contributed by atoms with van der Waals surface area (Å²) in [6, 6.07) is 18.1. The standard InChI is InChI=1S/C21H22N4O2/c26-21(19-11-10-17-8-4-5-9-18(17)27-19)22-14-20-24-23-15-25(20)13-12-16-6-2-1-3-7-16/h1-9,15,19H,10-14H2,(H,22,26). The molecule has 2 aromatic carbocycles. The molecule has 0 saturated heterocycles. The number of nitrogens with zero attached hydrogens (tertiary/aromatic N) is 3. The molecule has 0 radical (unpaired) electrons. The number of carbonyl (C=O) groups excluding carboxylic acids is 1. The summed E-state index contributed by atoms with van der Waals surface area (Å²) in [6.07, 6.45) is 3.67. The summed E-state index contributed by atoms with van der Waals surface area (Å²) < 4.78 is 7.82. The molecule has 0 saturated carbocycles. The summed E-state index contributed by atoms with van der Waals surface area (Å²) in [4.78, 5) is 12.5. The number of amides is 1. The fourth-order valence-corrected chi connectivity index (χ4v) is 3.29. The van der Waals surface area contributed by atoms with E-state index in [4.69, 9.17) is 4.74 Å². The van der Waals surface area contributed by atoms with Crippen LogP contribution in [0.3, 0.4) is 0 Å². The van der Waals surface area contributed by atoms with Gasteiger partial charge in [-0.1, -0.05) is 48.5 Å². The zero-order valence-electron chi connectivity index (χ0n) is 15.0. The number of carbonyl (C=O) groups is 1. The van der Waals surface area contributed by atoms with Gasteiger partial charge in [0.1, 0.15) is 12.1 Å². The molecule has 1 aliphatic heterocycles. The van der Waals surface area contributed by atoms with Crippen LogP contribution in [0, 0.1) is 0 Å². The topological polar surface area (TPSA) is 69.0 Å². The molecule has 27 heavy (non-hydrogen) atoms. The van der Waals surface area contributed by atoms with E-state index in [1.165, 1.54) is 5.56 Å². The number of aryl methyl sites for hydroxylation is 3. The summed E-state index contributed by atoms with van der Waals surface area (Å²) >= 11 is 0. The van der Waals surface area contributed by atoms with E-state index in [1.807, 2.05) is 47.0 Å². The van der Waals surface area contributed by atoms with E-state index in [2.05, 4.69) is 27.6 Å². The minimum absolute atomic E-state index is 0.109. The number of fused-ring (bicyclic) bond motifs is 1. The molecule has 0 bridgehead atoms. The van der Waals surface area contributed by atoms with E-state index >= 15 is 0 Å². The van der Waals surface area contributed by atoms with Crippen LogP contribution in [-0.2, 0) is 30.7 Å². The van der Waals surface area contributed by atoms with Crippen LogP contribution in [0.15, 0.2) is 60.9 Å². The highest BCUT2D eigenvalue weighted by Gasteiger charge is 2.25. The molecule has 1 aliphatic rings. The van der Waals surface area contributed by atoms with E-state index in [1.54, 1.807) is 6.33 Å². The fraction of sp³-hybridized carbons (Fsp3) is 0.286. The molecule has 0 spiro atoms. The monoisotopic (exact) mass is 362 g/mol. The summed E-state index contributed by atoms with van der Waals surface area (Å²) in [5.74, 6) is 1.44. The summed E-state index contributed by atoms with van der Waals surface area (Å²) in [7, 11) is 0. The maximum Gasteiger partial charge on any atom is 0.261 e. The van der Waals surface area contributed by atoms with E-state index in [9.17, 15) is 4.79 Å². The van der Waals surface area contributed by atoms with Crippen molar-refractivity contribution in [3.63, 3.8) is 0 Å². The molecule has 3 aromatic rings. The SMILES string of the molecule is O=C(NCc1nncn1CCc1ccccc1)C1CCc2ccccc2O1. The molecule has 0 fully saturated rings. The second-order valence-corrected chi connectivity index (χ2v) is 6.65. The quantitative estimate of drug-likeness (QED) is 0.732. The number of nitrogens with one attached hydrogen (secondary N) is 1. The van der Waals surface area contributed by atoms with Gasteiger partial charge in [-0.3, -0.25) is 4.79 Å². The Morgan fingerprint density at radius 2 is 1.96 bits per heavy atom. The van der Waals surface area contributed by atoms with E-state index in [0.29, 0.717) is 13.0 Å². The van der Waals surface area contributed by atoms with Crippen molar-refractivity contribution < 1.29 is 9.53 Å². The summed E-state index contributed by atoms with van der Waals surface area (Å²) in [5.41, 5.74) is 2.41. The average molecular weight is 362 g/mol. The first-order chi connectivity index (χ1) is 13.3. The van der Waals surface area contributed by atoms with Crippen molar-refractivity contribution in [2.24, 2.45) is 0 Å². The molecule has 138 valence electrons. The predicted octanol–water partition coefficient (Wildman–Crippen LogP) is 2.53. The van der Waals surface area contributed by atoms with Crippen molar-refractivity contribution in [2.75, 3.05) is 0 Å². The summed E-state index contributed by atoms with van der Waals surface area (Å²) in [5, 5.41) is 11.1. The maximum atomic E-state index is 12.5. The predicted molar refractivity (Wildman–Crippen MR) is 101 cm³/mol. The Labute approximate surface area is 158 Å². The number of benzene rings is 2. The van der Waals surface area contributed by atoms with Gasteiger partial charge in [0.05, 0.1) is 6.54 Å². The first-order valence-electron chi connectivity index (χ1n) is 9.22. The number of para-hydroxylation sites is 1. The van der Waals surface area contributed by atoms with Gasteiger partial charge in [-0.15, -0.1) is 10.2 Å². The third-order valence-electron chi connectivity index (χ3n) is 4.81. The van der Waals surface area contributed by atoms with E-state index in [-0.39, 0.29) is 5.91 Å². The van der Waals surface area contributed by atoms with Crippen molar-refractivity contribution in [3.05, 3.63) is 77.9 Å². The Morgan fingerprint density at radius 1 is 1.15 bits per heavy atom. The first-order valence-corrected chi connectivity index (χ1v) is 9.22. The zero-order valence-corrected chi connectivity index (χ0v) is 15.0. The van der Waals surface area contributed by atoms with Crippen molar-refractivity contribution in [3.8, 4) is 5.75 Å². The fourth-order valence-electron chi connectivity index (χ4n) is 3.29. The van der Waals surface area contributed by atoms with Crippen molar-refractivity contribution >= 4 is 5.91 Å². The number of hydrogen-bond acceptors (Lipinski definition) is 4. The van der Waals surface area contributed by atoms with Gasteiger partial charge in [-0.2, -0.15) is 0 Å². The highest BCUT2D eigenvalue weighted by Crippen LogP contribution is 2.27. The molecule has 1 aromatic heterocycles. The lowest BCUT2D eigenvalue weighted by atomic mass is 10.0. The summed E-state index contributed by atoms with van der Waals surface area (Å²) in [6.45, 7) is 1.12. The Kier molecular flexibility index (Phi) is 5.14. The van der Waals surface area contributed by atoms with Crippen LogP contribution >= 0.6 is 0 Å². The van der Waals surface area contributed by atoms with Crippen LogP contribution in [0.4, 0.5) is 0 Å². The number of rotatable bonds is 6. The lowest BCUT2D eigenvalue weighted by Crippen LogP contribution is -2.40. The Hall–Kier alpha value is -3.15. The number of aromatic nitrogens is 3. The van der Waals surface area contributed by atoms with E-state index < -0.39 is 6.10 Å². The Bertz CT molecular complexity index is 907. The molecule has 6 nitrogen and oxygen atoms in total. The lowest BCUT2D eigenvalue weighted by Gasteiger charge is -2.25. The highest BCUT2D eigenvalue weighted by molar-refractivity contribution is 5.81. The third kappa shape index (κ3) is 4.16. The van der Waals surface area contributed by atoms with Gasteiger partial charge in [0.25, 0.3) is 5.91 Å². The van der Waals surface area contributed by atoms with Gasteiger partial charge in [0, 0.05) is 6.54 Å². The van der Waals surface area contributed by atoms with E-state index in [0.717, 1.165) is 36.5 Å². The van der Waals surface area contributed by atoms with Gasteiger partial charge in [-0.05, 0) is 36.5 Å². The Morgan fingerprint density at radius 3 is 2.85 bits per heavy atom. The van der Waals surface area contributed by atoms with Crippen LogP contribution in [0.5, 0.6) is 5.75 Å². The molecule has 0 aliphatic carbocycles. The van der Waals surface area contributed by atoms with Crippen LogP contribution < -0.4 is 10.1 Å². The van der Waals surface area contributed by atoms with Gasteiger partial charge >= 0.3 is 0 Å². The Balaban J connectivity index is 1.32. The molecular formula is C21H22N4O2. The second kappa shape index (κ2) is 8.03. The average Bonchev–Trinajstić information content (AvgIpc) is 3.18. The molecule has 6 heteroatoms. The smallest absolute Gasteiger partial charge is 0.261 e. The lowest BCUT2D eigenvalue weighted by molar-refractivity contribution is -0.128. The van der Waals surface area contributed by atoms with Gasteiger partial charge in [-0.25, -0.2) is 0 Å². The number of hydrogen-bond donors (Lipinski definition) is 1. The third-order valence-corrected chi connectivity index (χ3v) is 4.81. The molecule has 1 unspecified atom stereocenters. The van der Waals surface area contributed by atoms with Crippen molar-refractivity contribution in [1.82, 2.24) is 20.1 Å². The van der Waals surface area contributed by atoms with Crippen LogP contribution in [0.2, 0.25) is 0 Å². The number of ether oxygens (including phenoxy) is 1. The largest absolute Gasteiger partial charge is 0.480 e. The van der Waals surface area contributed by atoms with Crippen molar-refractivity contribution in [2.45, 2.75) is 38.5 Å². The highest BCUT2D eigenvalue weighted by atomic mass is 16.5. The molecule has 1 N–H and O–H groups in total. The van der Waals surface area contributed by atoms with Crippen molar-refractivity contribution in [1.29, 1.82) is 0 Å². The van der Waals surface area contributed by atoms with Crippen LogP contribution in [0.25, 0.3) is 0 Å². The molecule has 1 amide bonds. The molecule has 4 rings (SSSR count). The van der Waals surface area contributed by atoms with Gasteiger partial charge in [0.2, 0.25) is 0 Å².